The third-order valence-corrected chi connectivity index (χ3v) is 2.09. The predicted octanol–water partition coefficient (Wildman–Crippen LogP) is 7.38. The van der Waals surface area contributed by atoms with Crippen molar-refractivity contribution in [2.75, 3.05) is 0 Å². The van der Waals surface area contributed by atoms with E-state index in [9.17, 15) is 0 Å². The molecule has 23 heavy (non-hydrogen) atoms. The van der Waals surface area contributed by atoms with Crippen LogP contribution in [-0.2, 0) is 6.42 Å². The van der Waals surface area contributed by atoms with Crippen molar-refractivity contribution in [2.24, 2.45) is 10.8 Å². The summed E-state index contributed by atoms with van der Waals surface area (Å²) in [5.74, 6) is 0. The minimum atomic E-state index is 0.500. The molecule has 0 spiro atoms. The fourth-order valence-corrected chi connectivity index (χ4v) is 1.43. The second-order valence-corrected chi connectivity index (χ2v) is 9.15. The van der Waals surface area contributed by atoms with E-state index < -0.39 is 0 Å². The first-order valence-electron chi connectivity index (χ1n) is 8.53. The van der Waals surface area contributed by atoms with E-state index >= 15 is 0 Å². The van der Waals surface area contributed by atoms with Crippen LogP contribution in [0.2, 0.25) is 0 Å². The maximum atomic E-state index is 2.19. The van der Waals surface area contributed by atoms with Gasteiger partial charge in [-0.15, -0.1) is 0 Å². The molecule has 0 fully saturated rings. The van der Waals surface area contributed by atoms with Crippen molar-refractivity contribution >= 4 is 0 Å². The van der Waals surface area contributed by atoms with E-state index in [2.05, 4.69) is 116 Å². The lowest BCUT2D eigenvalue weighted by atomic mass is 10.0. The van der Waals surface area contributed by atoms with E-state index in [1.165, 1.54) is 11.1 Å². The maximum absolute atomic E-state index is 2.19. The van der Waals surface area contributed by atoms with Crippen molar-refractivity contribution < 1.29 is 0 Å². The molecule has 0 saturated carbocycles. The minimum Gasteiger partial charge on any atom is -0.0622 e. The quantitative estimate of drug-likeness (QED) is 0.542. The normalized spacial score (nSPS) is 10.8. The second-order valence-electron chi connectivity index (χ2n) is 9.15. The molecule has 0 heteroatoms. The largest absolute Gasteiger partial charge is 0.0622 e. The van der Waals surface area contributed by atoms with Crippen LogP contribution in [0.5, 0.6) is 0 Å². The van der Waals surface area contributed by atoms with Crippen LogP contribution in [0.15, 0.2) is 60.7 Å². The van der Waals surface area contributed by atoms with Crippen LogP contribution in [0.4, 0.5) is 0 Å². The Bertz CT molecular complexity index is 434. The zero-order chi connectivity index (χ0) is 17.9. The van der Waals surface area contributed by atoms with E-state index in [1.807, 2.05) is 0 Å². The van der Waals surface area contributed by atoms with E-state index in [4.69, 9.17) is 0 Å². The van der Waals surface area contributed by atoms with E-state index in [1.54, 1.807) is 0 Å². The maximum Gasteiger partial charge on any atom is -0.00258 e. The summed E-state index contributed by atoms with van der Waals surface area (Å²) >= 11 is 0. The Morgan fingerprint density at radius 1 is 0.478 bits per heavy atom. The first kappa shape index (κ1) is 21.4. The molecule has 2 rings (SSSR count). The molecule has 0 atom stereocenters. The summed E-state index contributed by atoms with van der Waals surface area (Å²) < 4.78 is 0. The Kier molecular flexibility index (Phi) is 9.56. The Morgan fingerprint density at radius 3 is 0.913 bits per heavy atom. The molecule has 0 aliphatic rings. The average molecular weight is 313 g/mol. The molecule has 0 aliphatic carbocycles. The molecule has 0 N–H and O–H groups in total. The van der Waals surface area contributed by atoms with Gasteiger partial charge in [-0.3, -0.25) is 0 Å². The number of hydrogen-bond acceptors (Lipinski definition) is 0. The average Bonchev–Trinajstić information content (AvgIpc) is 2.37. The van der Waals surface area contributed by atoms with Gasteiger partial charge in [-0.05, 0) is 28.4 Å². The lowest BCUT2D eigenvalue weighted by molar-refractivity contribution is 0.469. The van der Waals surface area contributed by atoms with E-state index in [-0.39, 0.29) is 0 Å². The molecule has 0 aromatic heterocycles. The van der Waals surface area contributed by atoms with Crippen LogP contribution >= 0.6 is 0 Å². The van der Waals surface area contributed by atoms with Crippen molar-refractivity contribution in [1.82, 2.24) is 0 Å². The summed E-state index contributed by atoms with van der Waals surface area (Å²) in [7, 11) is 0. The minimum absolute atomic E-state index is 0.500. The Morgan fingerprint density at radius 2 is 0.696 bits per heavy atom. The molecule has 0 aliphatic heterocycles. The molecule has 2 aromatic carbocycles. The third kappa shape index (κ3) is 20.4. The highest BCUT2D eigenvalue weighted by atomic mass is 14.0. The van der Waals surface area contributed by atoms with Crippen molar-refractivity contribution in [3.05, 3.63) is 71.8 Å². The van der Waals surface area contributed by atoms with E-state index in [0.29, 0.717) is 10.8 Å². The summed E-state index contributed by atoms with van der Waals surface area (Å²) in [6.07, 6.45) is 1.03. The molecule has 0 amide bonds. The van der Waals surface area contributed by atoms with Gasteiger partial charge < -0.3 is 0 Å². The van der Waals surface area contributed by atoms with Gasteiger partial charge in [0.2, 0.25) is 0 Å². The number of benzene rings is 2. The number of hydrogen-bond donors (Lipinski definition) is 0. The van der Waals surface area contributed by atoms with Gasteiger partial charge in [-0.1, -0.05) is 116 Å². The Hall–Kier alpha value is -1.56. The van der Waals surface area contributed by atoms with E-state index in [0.717, 1.165) is 6.42 Å². The number of rotatable bonds is 2. The lowest BCUT2D eigenvalue weighted by Crippen LogP contribution is -1.93. The fraction of sp³-hybridized carbons (Fsp3) is 0.478. The van der Waals surface area contributed by atoms with Gasteiger partial charge in [-0.2, -0.15) is 0 Å². The van der Waals surface area contributed by atoms with Gasteiger partial charge in [0, 0.05) is 0 Å². The Labute approximate surface area is 145 Å². The molecule has 0 radical (unpaired) electrons. The van der Waals surface area contributed by atoms with Gasteiger partial charge in [-0.25, -0.2) is 0 Å². The van der Waals surface area contributed by atoms with Crippen molar-refractivity contribution in [3.8, 4) is 0 Å². The molecule has 0 heterocycles. The van der Waals surface area contributed by atoms with Crippen LogP contribution in [0, 0.1) is 10.8 Å². The van der Waals surface area contributed by atoms with Crippen molar-refractivity contribution in [2.45, 2.75) is 61.8 Å². The molecule has 0 unspecified atom stereocenters. The molecule has 2 aromatic rings. The zero-order valence-corrected chi connectivity index (χ0v) is 16.5. The molecular weight excluding hydrogens is 276 g/mol. The first-order valence-corrected chi connectivity index (χ1v) is 8.53. The Balaban J connectivity index is 0.000000406. The van der Waals surface area contributed by atoms with Crippen LogP contribution < -0.4 is 0 Å². The monoisotopic (exact) mass is 312 g/mol. The predicted molar refractivity (Wildman–Crippen MR) is 106 cm³/mol. The lowest BCUT2D eigenvalue weighted by Gasteiger charge is -2.05. The zero-order valence-electron chi connectivity index (χ0n) is 16.5. The highest BCUT2D eigenvalue weighted by molar-refractivity contribution is 5.25. The van der Waals surface area contributed by atoms with Crippen LogP contribution in [0.25, 0.3) is 0 Å². The summed E-state index contributed by atoms with van der Waals surface area (Å²) in [4.78, 5) is 0. The molecule has 0 nitrogen and oxygen atoms in total. The summed E-state index contributed by atoms with van der Waals surface area (Å²) in [6, 6.07) is 21.1. The topological polar surface area (TPSA) is 0 Å². The summed E-state index contributed by atoms with van der Waals surface area (Å²) in [5.41, 5.74) is 3.74. The highest BCUT2D eigenvalue weighted by Gasteiger charge is 1.96. The molecule has 128 valence electrons. The van der Waals surface area contributed by atoms with Crippen LogP contribution in [0.3, 0.4) is 0 Å². The summed E-state index contributed by atoms with van der Waals surface area (Å²) in [6.45, 7) is 17.5. The van der Waals surface area contributed by atoms with Gasteiger partial charge in [0.05, 0.1) is 0 Å². The second kappa shape index (κ2) is 10.3. The first-order chi connectivity index (χ1) is 10.4. The van der Waals surface area contributed by atoms with Gasteiger partial charge in [0.25, 0.3) is 0 Å². The van der Waals surface area contributed by atoms with Crippen molar-refractivity contribution in [1.29, 1.82) is 0 Å². The summed E-state index contributed by atoms with van der Waals surface area (Å²) in [5, 5.41) is 0. The SMILES string of the molecule is CC(C)(C)C.CC(C)(C)C.c1ccc(Cc2ccccc2)cc1. The van der Waals surface area contributed by atoms with Gasteiger partial charge in [0.15, 0.2) is 0 Å². The van der Waals surface area contributed by atoms with Crippen LogP contribution in [0.1, 0.15) is 66.5 Å². The van der Waals surface area contributed by atoms with Crippen LogP contribution in [-0.4, -0.2) is 0 Å². The smallest absolute Gasteiger partial charge is 0.00258 e. The molecule has 0 bridgehead atoms. The highest BCUT2D eigenvalue weighted by Crippen LogP contribution is 2.09. The van der Waals surface area contributed by atoms with Gasteiger partial charge in [0.1, 0.15) is 0 Å². The molecule has 0 saturated heterocycles. The molecular formula is C23H36. The third-order valence-electron chi connectivity index (χ3n) is 2.09. The van der Waals surface area contributed by atoms with Crippen molar-refractivity contribution in [3.63, 3.8) is 0 Å². The standard InChI is InChI=1S/C13H12.2C5H12/c1-3-7-12(8-4-1)11-13-9-5-2-6-10-13;2*1-5(2,3)4/h1-10H,11H2;2*1-4H3. The fourth-order valence-electron chi connectivity index (χ4n) is 1.43. The van der Waals surface area contributed by atoms with Gasteiger partial charge >= 0.3 is 0 Å².